The van der Waals surface area contributed by atoms with Gasteiger partial charge in [0, 0.05) is 0 Å². The molecule has 0 aromatic heterocycles. The number of rotatable bonds is 6. The van der Waals surface area contributed by atoms with Crippen LogP contribution < -0.4 is 10.1 Å². The van der Waals surface area contributed by atoms with E-state index in [1.807, 2.05) is 5.32 Å². The van der Waals surface area contributed by atoms with E-state index in [9.17, 15) is 27.5 Å². The van der Waals surface area contributed by atoms with Crippen LogP contribution in [0.1, 0.15) is 22.0 Å². The summed E-state index contributed by atoms with van der Waals surface area (Å²) in [5.41, 5.74) is -0.772. The van der Waals surface area contributed by atoms with Crippen molar-refractivity contribution in [2.24, 2.45) is 0 Å². The van der Waals surface area contributed by atoms with Gasteiger partial charge >= 0.3 is 0 Å². The zero-order valence-corrected chi connectivity index (χ0v) is 15.0. The van der Waals surface area contributed by atoms with E-state index in [1.54, 1.807) is 0 Å². The molecule has 0 fully saturated rings. The molecular weight excluding hydrogens is 422 g/mol. The van der Waals surface area contributed by atoms with Crippen LogP contribution in [0, 0.1) is 11.6 Å². The molecule has 0 aliphatic heterocycles. The van der Waals surface area contributed by atoms with Crippen LogP contribution >= 0.6 is 15.9 Å². The largest absolute Gasteiger partial charge is 0.496 e. The first-order chi connectivity index (χ1) is 12.2. The molecule has 2 rings (SSSR count). The summed E-state index contributed by atoms with van der Waals surface area (Å²) in [6.45, 7) is -1.26. The number of benzene rings is 2. The van der Waals surface area contributed by atoms with Crippen LogP contribution in [0.25, 0.3) is 0 Å². The minimum Gasteiger partial charge on any atom is -0.496 e. The van der Waals surface area contributed by atoms with Crippen LogP contribution in [0.4, 0.5) is 17.6 Å². The lowest BCUT2D eigenvalue weighted by Crippen LogP contribution is -2.41. The second-order valence-corrected chi connectivity index (χ2v) is 6.19. The predicted molar refractivity (Wildman–Crippen MR) is 89.3 cm³/mol. The molecule has 0 aliphatic rings. The lowest BCUT2D eigenvalue weighted by Gasteiger charge is -2.23. The molecule has 0 spiro atoms. The molecule has 0 heterocycles. The van der Waals surface area contributed by atoms with Crippen LogP contribution in [0.2, 0.25) is 0 Å². The highest BCUT2D eigenvalue weighted by Crippen LogP contribution is 2.32. The van der Waals surface area contributed by atoms with Crippen LogP contribution in [0.3, 0.4) is 0 Å². The van der Waals surface area contributed by atoms with Gasteiger partial charge in [0.1, 0.15) is 23.2 Å². The van der Waals surface area contributed by atoms with Gasteiger partial charge < -0.3 is 15.2 Å². The molecule has 2 aromatic carbocycles. The highest BCUT2D eigenvalue weighted by atomic mass is 79.9. The number of halogens is 5. The number of carbonyl (C=O) groups is 1. The van der Waals surface area contributed by atoms with E-state index in [-0.39, 0.29) is 15.8 Å². The van der Waals surface area contributed by atoms with Crippen molar-refractivity contribution in [2.45, 2.75) is 12.0 Å². The Morgan fingerprint density at radius 3 is 2.42 bits per heavy atom. The van der Waals surface area contributed by atoms with Gasteiger partial charge in [-0.25, -0.2) is 17.6 Å². The third kappa shape index (κ3) is 4.34. The third-order valence-electron chi connectivity index (χ3n) is 3.57. The van der Waals surface area contributed by atoms with Gasteiger partial charge in [0.05, 0.1) is 18.1 Å². The summed E-state index contributed by atoms with van der Waals surface area (Å²) >= 11 is 2.90. The quantitative estimate of drug-likeness (QED) is 0.677. The number of carbonyl (C=O) groups excluding carboxylic acids is 1. The van der Waals surface area contributed by atoms with Gasteiger partial charge in [0.2, 0.25) is 0 Å². The standard InChI is InChI=1S/C17H14BrF4NO3/c1-26-12-7-6-11(18)14(20)13(12)16(25)23-8-17(21,22)15(24)9-2-4-10(19)5-3-9/h2-7,15,24H,8H2,1H3,(H,23,25). The van der Waals surface area contributed by atoms with Gasteiger partial charge in [-0.2, -0.15) is 0 Å². The molecule has 2 N–H and O–H groups in total. The number of amides is 1. The molecule has 4 nitrogen and oxygen atoms in total. The number of aliphatic hydroxyl groups is 1. The second-order valence-electron chi connectivity index (χ2n) is 5.34. The Hall–Kier alpha value is -2.13. The van der Waals surface area contributed by atoms with E-state index in [0.717, 1.165) is 24.3 Å². The molecule has 1 atom stereocenters. The molecule has 140 valence electrons. The molecule has 0 radical (unpaired) electrons. The Morgan fingerprint density at radius 1 is 1.23 bits per heavy atom. The first-order valence-electron chi connectivity index (χ1n) is 7.29. The molecular formula is C17H14BrF4NO3. The summed E-state index contributed by atoms with van der Waals surface area (Å²) in [5, 5.41) is 11.7. The molecule has 1 unspecified atom stereocenters. The van der Waals surface area contributed by atoms with E-state index in [0.29, 0.717) is 0 Å². The van der Waals surface area contributed by atoms with Gasteiger partial charge in [-0.1, -0.05) is 12.1 Å². The highest BCUT2D eigenvalue weighted by molar-refractivity contribution is 9.10. The minimum absolute atomic E-state index is 0.0402. The highest BCUT2D eigenvalue weighted by Gasteiger charge is 2.40. The number of hydrogen-bond donors (Lipinski definition) is 2. The average molecular weight is 436 g/mol. The molecule has 9 heteroatoms. The van der Waals surface area contributed by atoms with Gasteiger partial charge in [0.15, 0.2) is 5.82 Å². The van der Waals surface area contributed by atoms with Crippen LogP contribution in [-0.4, -0.2) is 30.6 Å². The molecule has 0 aliphatic carbocycles. The fraction of sp³-hybridized carbons (Fsp3) is 0.235. The van der Waals surface area contributed by atoms with Gasteiger partial charge in [-0.3, -0.25) is 4.79 Å². The minimum atomic E-state index is -3.77. The van der Waals surface area contributed by atoms with Crippen LogP contribution in [0.5, 0.6) is 5.75 Å². The summed E-state index contributed by atoms with van der Waals surface area (Å²) < 4.78 is 60.1. The Balaban J connectivity index is 2.15. The summed E-state index contributed by atoms with van der Waals surface area (Å²) in [6, 6.07) is 6.47. The Morgan fingerprint density at radius 2 is 1.85 bits per heavy atom. The summed E-state index contributed by atoms with van der Waals surface area (Å²) in [5.74, 6) is -6.65. The Labute approximate surface area is 154 Å². The number of methoxy groups -OCH3 is 1. The van der Waals surface area contributed by atoms with E-state index >= 15 is 0 Å². The molecule has 2 aromatic rings. The maximum atomic E-state index is 14.1. The Bertz CT molecular complexity index is 799. The Kier molecular flexibility index (Phi) is 6.25. The fourth-order valence-corrected chi connectivity index (χ4v) is 2.52. The second kappa shape index (κ2) is 8.05. The zero-order chi connectivity index (χ0) is 19.5. The maximum Gasteiger partial charge on any atom is 0.294 e. The molecule has 0 saturated carbocycles. The van der Waals surface area contributed by atoms with E-state index < -0.39 is 41.7 Å². The van der Waals surface area contributed by atoms with Crippen LogP contribution in [0.15, 0.2) is 40.9 Å². The number of alkyl halides is 2. The SMILES string of the molecule is COc1ccc(Br)c(F)c1C(=O)NCC(F)(F)C(O)c1ccc(F)cc1. The van der Waals surface area contributed by atoms with Crippen LogP contribution in [-0.2, 0) is 0 Å². The fourth-order valence-electron chi connectivity index (χ4n) is 2.19. The van der Waals surface area contributed by atoms with E-state index in [4.69, 9.17) is 4.74 Å². The predicted octanol–water partition coefficient (Wildman–Crippen LogP) is 3.83. The van der Waals surface area contributed by atoms with Crippen molar-refractivity contribution in [1.82, 2.24) is 5.32 Å². The van der Waals surface area contributed by atoms with E-state index in [2.05, 4.69) is 15.9 Å². The van der Waals surface area contributed by atoms with Crippen molar-refractivity contribution >= 4 is 21.8 Å². The smallest absolute Gasteiger partial charge is 0.294 e. The topological polar surface area (TPSA) is 58.6 Å². The number of ether oxygens (including phenoxy) is 1. The summed E-state index contributed by atoms with van der Waals surface area (Å²) in [7, 11) is 1.20. The van der Waals surface area contributed by atoms with Crippen molar-refractivity contribution < 1.29 is 32.2 Å². The zero-order valence-electron chi connectivity index (χ0n) is 13.4. The lowest BCUT2D eigenvalue weighted by atomic mass is 10.0. The monoisotopic (exact) mass is 435 g/mol. The molecule has 0 bridgehead atoms. The van der Waals surface area contributed by atoms with Crippen molar-refractivity contribution in [2.75, 3.05) is 13.7 Å². The summed E-state index contributed by atoms with van der Waals surface area (Å²) in [4.78, 5) is 12.1. The first-order valence-corrected chi connectivity index (χ1v) is 8.08. The van der Waals surface area contributed by atoms with Crippen molar-refractivity contribution in [3.8, 4) is 5.75 Å². The number of nitrogens with one attached hydrogen (secondary N) is 1. The lowest BCUT2D eigenvalue weighted by molar-refractivity contribution is -0.106. The first kappa shape index (κ1) is 20.2. The van der Waals surface area contributed by atoms with Crippen molar-refractivity contribution in [3.63, 3.8) is 0 Å². The van der Waals surface area contributed by atoms with Crippen molar-refractivity contribution in [3.05, 3.63) is 63.6 Å². The normalized spacial score (nSPS) is 12.6. The molecule has 1 amide bonds. The number of aliphatic hydroxyl groups excluding tert-OH is 1. The van der Waals surface area contributed by atoms with Gasteiger partial charge in [-0.15, -0.1) is 0 Å². The summed E-state index contributed by atoms with van der Waals surface area (Å²) in [6.07, 6.45) is -2.28. The average Bonchev–Trinajstić information content (AvgIpc) is 2.62. The number of hydrogen-bond acceptors (Lipinski definition) is 3. The van der Waals surface area contributed by atoms with Gasteiger partial charge in [0.25, 0.3) is 11.8 Å². The maximum absolute atomic E-state index is 14.1. The third-order valence-corrected chi connectivity index (χ3v) is 4.19. The molecule has 0 saturated heterocycles. The molecule has 26 heavy (non-hydrogen) atoms. The van der Waals surface area contributed by atoms with Gasteiger partial charge in [-0.05, 0) is 45.8 Å². The van der Waals surface area contributed by atoms with E-state index in [1.165, 1.54) is 19.2 Å². The van der Waals surface area contributed by atoms with Crippen molar-refractivity contribution in [1.29, 1.82) is 0 Å².